The molecule has 0 aliphatic heterocycles. The van der Waals surface area contributed by atoms with Crippen molar-refractivity contribution in [3.8, 4) is 5.88 Å². The van der Waals surface area contributed by atoms with E-state index in [4.69, 9.17) is 0 Å². The van der Waals surface area contributed by atoms with Crippen molar-refractivity contribution in [3.05, 3.63) is 52.3 Å². The van der Waals surface area contributed by atoms with Crippen molar-refractivity contribution in [2.24, 2.45) is 7.05 Å². The number of nitrogens with zero attached hydrogens (tertiary/aromatic N) is 2. The molecule has 0 aliphatic rings. The highest BCUT2D eigenvalue weighted by atomic mass is 19.1. The number of rotatable bonds is 4. The van der Waals surface area contributed by atoms with E-state index >= 15 is 0 Å². The third-order valence-electron chi connectivity index (χ3n) is 2.67. The summed E-state index contributed by atoms with van der Waals surface area (Å²) < 4.78 is 19.4. The number of hydrogen-bond donors (Lipinski definition) is 2. The van der Waals surface area contributed by atoms with Crippen LogP contribution in [0.1, 0.15) is 10.4 Å². The van der Waals surface area contributed by atoms with E-state index in [1.54, 1.807) is 0 Å². The fourth-order valence-corrected chi connectivity index (χ4v) is 1.57. The maximum absolute atomic E-state index is 13.4. The van der Waals surface area contributed by atoms with Crippen LogP contribution < -0.4 is 21.1 Å². The van der Waals surface area contributed by atoms with Crippen molar-refractivity contribution in [3.63, 3.8) is 0 Å². The molecular weight excluding hydrogens is 279 g/mol. The number of carbonyl (C=O) groups is 1. The summed E-state index contributed by atoms with van der Waals surface area (Å²) in [4.78, 5) is 26.8. The van der Waals surface area contributed by atoms with Crippen molar-refractivity contribution in [1.82, 2.24) is 15.0 Å². The Labute approximate surface area is 119 Å². The lowest BCUT2D eigenvalue weighted by Crippen LogP contribution is -2.30. The zero-order chi connectivity index (χ0) is 15.4. The van der Waals surface area contributed by atoms with Crippen LogP contribution in [0.25, 0.3) is 0 Å². The second kappa shape index (κ2) is 6.04. The topological polar surface area (TPSA) is 85.2 Å². The summed E-state index contributed by atoms with van der Waals surface area (Å²) >= 11 is 0. The molecule has 2 aromatic heterocycles. The first-order valence-electron chi connectivity index (χ1n) is 5.94. The number of nitrogens with one attached hydrogen (secondary N) is 2. The molecule has 2 aromatic rings. The van der Waals surface area contributed by atoms with Crippen LogP contribution in [0.3, 0.4) is 0 Å². The maximum Gasteiger partial charge on any atom is 0.271 e. The van der Waals surface area contributed by atoms with Crippen molar-refractivity contribution >= 4 is 11.6 Å². The number of amides is 1. The van der Waals surface area contributed by atoms with Crippen molar-refractivity contribution in [2.45, 2.75) is 0 Å². The number of aryl methyl sites for hydroxylation is 1. The van der Waals surface area contributed by atoms with Crippen LogP contribution in [0.2, 0.25) is 0 Å². The van der Waals surface area contributed by atoms with Crippen LogP contribution >= 0.6 is 0 Å². The van der Waals surface area contributed by atoms with E-state index in [0.717, 1.165) is 6.07 Å². The SMILES string of the molecule is COc1ncc(NNC(=O)c2ccc(=O)n(C)c2)cc1F. The number of pyridine rings is 2. The molecule has 0 atom stereocenters. The molecule has 0 saturated carbocycles. The predicted molar refractivity (Wildman–Crippen MR) is 73.5 cm³/mol. The molecule has 0 aliphatic carbocycles. The van der Waals surface area contributed by atoms with Crippen molar-refractivity contribution < 1.29 is 13.9 Å². The number of hydrogen-bond acceptors (Lipinski definition) is 5. The van der Waals surface area contributed by atoms with E-state index in [0.29, 0.717) is 0 Å². The van der Waals surface area contributed by atoms with Gasteiger partial charge in [-0.2, -0.15) is 0 Å². The van der Waals surface area contributed by atoms with Gasteiger partial charge in [0.1, 0.15) is 0 Å². The molecule has 7 nitrogen and oxygen atoms in total. The van der Waals surface area contributed by atoms with Crippen LogP contribution in [-0.2, 0) is 7.05 Å². The minimum Gasteiger partial charge on any atom is -0.479 e. The minimum atomic E-state index is -0.654. The zero-order valence-corrected chi connectivity index (χ0v) is 11.4. The largest absolute Gasteiger partial charge is 0.479 e. The summed E-state index contributed by atoms with van der Waals surface area (Å²) in [6.07, 6.45) is 2.70. The van der Waals surface area contributed by atoms with Gasteiger partial charge < -0.3 is 9.30 Å². The highest BCUT2D eigenvalue weighted by molar-refractivity contribution is 5.94. The Morgan fingerprint density at radius 2 is 2.19 bits per heavy atom. The van der Waals surface area contributed by atoms with Crippen molar-refractivity contribution in [2.75, 3.05) is 12.5 Å². The smallest absolute Gasteiger partial charge is 0.271 e. The Bertz CT molecular complexity index is 730. The average molecular weight is 292 g/mol. The molecule has 0 unspecified atom stereocenters. The fourth-order valence-electron chi connectivity index (χ4n) is 1.57. The molecule has 2 N–H and O–H groups in total. The number of hydrazine groups is 1. The van der Waals surface area contributed by atoms with Gasteiger partial charge in [0.25, 0.3) is 5.91 Å². The molecule has 2 heterocycles. The predicted octanol–water partition coefficient (Wildman–Crippen LogP) is 0.685. The molecule has 0 bridgehead atoms. The van der Waals surface area contributed by atoms with Crippen LogP contribution in [0, 0.1) is 5.82 Å². The summed E-state index contributed by atoms with van der Waals surface area (Å²) in [5, 5.41) is 0. The van der Waals surface area contributed by atoms with Gasteiger partial charge in [-0.25, -0.2) is 9.37 Å². The van der Waals surface area contributed by atoms with Crippen LogP contribution in [0.4, 0.5) is 10.1 Å². The summed E-state index contributed by atoms with van der Waals surface area (Å²) in [7, 11) is 2.84. The Balaban J connectivity index is 2.05. The van der Waals surface area contributed by atoms with Crippen LogP contribution in [-0.4, -0.2) is 22.6 Å². The fraction of sp³-hybridized carbons (Fsp3) is 0.154. The number of carbonyl (C=O) groups excluding carboxylic acids is 1. The molecule has 21 heavy (non-hydrogen) atoms. The lowest BCUT2D eigenvalue weighted by atomic mass is 10.3. The molecule has 0 radical (unpaired) electrons. The van der Waals surface area contributed by atoms with Gasteiger partial charge in [0, 0.05) is 25.4 Å². The van der Waals surface area contributed by atoms with E-state index in [1.165, 1.54) is 43.3 Å². The van der Waals surface area contributed by atoms with Crippen LogP contribution in [0.15, 0.2) is 35.4 Å². The lowest BCUT2D eigenvalue weighted by Gasteiger charge is -2.09. The van der Waals surface area contributed by atoms with Gasteiger partial charge in [-0.15, -0.1) is 0 Å². The monoisotopic (exact) mass is 292 g/mol. The van der Waals surface area contributed by atoms with Gasteiger partial charge in [-0.05, 0) is 6.07 Å². The first kappa shape index (κ1) is 14.5. The molecular formula is C13H13FN4O3. The van der Waals surface area contributed by atoms with Gasteiger partial charge in [-0.3, -0.25) is 20.4 Å². The van der Waals surface area contributed by atoms with E-state index in [-0.39, 0.29) is 22.7 Å². The molecule has 0 saturated heterocycles. The van der Waals surface area contributed by atoms with Gasteiger partial charge >= 0.3 is 0 Å². The zero-order valence-electron chi connectivity index (χ0n) is 11.4. The minimum absolute atomic E-state index is 0.134. The van der Waals surface area contributed by atoms with E-state index in [1.807, 2.05) is 0 Å². The average Bonchev–Trinajstić information content (AvgIpc) is 2.47. The number of methoxy groups -OCH3 is 1. The second-order valence-corrected chi connectivity index (χ2v) is 4.16. The molecule has 0 fully saturated rings. The van der Waals surface area contributed by atoms with Gasteiger partial charge in [0.05, 0.1) is 24.6 Å². The quantitative estimate of drug-likeness (QED) is 0.810. The lowest BCUT2D eigenvalue weighted by molar-refractivity contribution is 0.0962. The second-order valence-electron chi connectivity index (χ2n) is 4.16. The number of aromatic nitrogens is 2. The number of halogens is 1. The summed E-state index contributed by atoms with van der Waals surface area (Å²) in [6, 6.07) is 3.81. The molecule has 110 valence electrons. The normalized spacial score (nSPS) is 10.0. The Hall–Kier alpha value is -2.90. The van der Waals surface area contributed by atoms with Crippen molar-refractivity contribution in [1.29, 1.82) is 0 Å². The molecule has 0 aromatic carbocycles. The summed E-state index contributed by atoms with van der Waals surface area (Å²) in [6.45, 7) is 0. The Morgan fingerprint density at radius 3 is 2.81 bits per heavy atom. The number of anilines is 1. The maximum atomic E-state index is 13.4. The molecule has 2 rings (SSSR count). The van der Waals surface area contributed by atoms with E-state index < -0.39 is 11.7 Å². The third kappa shape index (κ3) is 3.35. The van der Waals surface area contributed by atoms with Gasteiger partial charge in [0.2, 0.25) is 11.4 Å². The Morgan fingerprint density at radius 1 is 1.43 bits per heavy atom. The highest BCUT2D eigenvalue weighted by Crippen LogP contribution is 2.16. The first-order chi connectivity index (χ1) is 10.0. The Kier molecular flexibility index (Phi) is 4.17. The summed E-state index contributed by atoms with van der Waals surface area (Å²) in [5.41, 5.74) is 5.22. The molecule has 0 spiro atoms. The van der Waals surface area contributed by atoms with Crippen LogP contribution in [0.5, 0.6) is 5.88 Å². The standard InChI is InChI=1S/C13H13FN4O3/c1-18-7-8(3-4-11(18)19)12(20)17-16-9-5-10(14)13(21-2)15-6-9/h3-7,16H,1-2H3,(H,17,20). The highest BCUT2D eigenvalue weighted by Gasteiger charge is 2.08. The van der Waals surface area contributed by atoms with E-state index in [9.17, 15) is 14.0 Å². The molecule has 1 amide bonds. The summed E-state index contributed by atoms with van der Waals surface area (Å²) in [5.74, 6) is -1.26. The van der Waals surface area contributed by atoms with Gasteiger partial charge in [0.15, 0.2) is 5.82 Å². The third-order valence-corrected chi connectivity index (χ3v) is 2.67. The number of ether oxygens (including phenoxy) is 1. The molecule has 8 heteroatoms. The van der Waals surface area contributed by atoms with E-state index in [2.05, 4.69) is 20.6 Å². The van der Waals surface area contributed by atoms with Gasteiger partial charge in [-0.1, -0.05) is 0 Å². The first-order valence-corrected chi connectivity index (χ1v) is 5.94.